The smallest absolute Gasteiger partial charge is 0.319 e. The predicted molar refractivity (Wildman–Crippen MR) is 154 cm³/mol. The standard InChI is InChI=1S/C29H31N7O3S/c1-40(39)25-9-5-8-24(18-25)30-29(38)31-26(21-12-10-20(11-13-21)19-6-3-2-4-7-19)22-14-16-23(17-15-22)27(37)32-28-33-35-36-34-28/h5,8-19,26H,2-4,6-7H2,1H3,(H2,30,31,38)(H2,32,33,34,35,36,37). The first-order chi connectivity index (χ1) is 19.5. The Hall–Kier alpha value is -4.38. The molecule has 0 saturated heterocycles. The van der Waals surface area contributed by atoms with Crippen LogP contribution in [-0.4, -0.2) is 43.0 Å². The number of carbonyl (C=O) groups excluding carboxylic acids is 2. The molecule has 1 fully saturated rings. The van der Waals surface area contributed by atoms with Gasteiger partial charge in [0.15, 0.2) is 0 Å². The van der Waals surface area contributed by atoms with Crippen LogP contribution in [0.5, 0.6) is 0 Å². The van der Waals surface area contributed by atoms with Gasteiger partial charge in [-0.25, -0.2) is 4.79 Å². The van der Waals surface area contributed by atoms with Crippen molar-refractivity contribution in [2.75, 3.05) is 16.9 Å². The van der Waals surface area contributed by atoms with Crippen LogP contribution in [0.2, 0.25) is 0 Å². The summed E-state index contributed by atoms with van der Waals surface area (Å²) < 4.78 is 11.9. The molecule has 0 radical (unpaired) electrons. The molecule has 2 unspecified atom stereocenters. The fourth-order valence-corrected chi connectivity index (χ4v) is 5.59. The van der Waals surface area contributed by atoms with E-state index in [1.54, 1.807) is 42.7 Å². The molecule has 1 saturated carbocycles. The van der Waals surface area contributed by atoms with Gasteiger partial charge in [0.25, 0.3) is 11.9 Å². The number of benzene rings is 3. The zero-order valence-electron chi connectivity index (χ0n) is 22.1. The van der Waals surface area contributed by atoms with Crippen molar-refractivity contribution in [2.45, 2.75) is 49.0 Å². The number of amides is 3. The number of nitrogens with one attached hydrogen (secondary N) is 4. The molecule has 1 aromatic heterocycles. The van der Waals surface area contributed by atoms with Crippen LogP contribution in [0.25, 0.3) is 0 Å². The maximum absolute atomic E-state index is 13.1. The summed E-state index contributed by atoms with van der Waals surface area (Å²) in [6.45, 7) is 0. The van der Waals surface area contributed by atoms with E-state index in [1.807, 2.05) is 12.1 Å². The summed E-state index contributed by atoms with van der Waals surface area (Å²) >= 11 is 0. The molecule has 40 heavy (non-hydrogen) atoms. The Morgan fingerprint density at radius 2 is 1.62 bits per heavy atom. The van der Waals surface area contributed by atoms with E-state index in [1.165, 1.54) is 37.7 Å². The number of rotatable bonds is 8. The second kappa shape index (κ2) is 12.6. The molecular formula is C29H31N7O3S. The van der Waals surface area contributed by atoms with Crippen molar-refractivity contribution in [1.82, 2.24) is 25.9 Å². The molecule has 3 aromatic carbocycles. The highest BCUT2D eigenvalue weighted by Gasteiger charge is 2.20. The summed E-state index contributed by atoms with van der Waals surface area (Å²) in [6.07, 6.45) is 7.83. The van der Waals surface area contributed by atoms with Crippen LogP contribution in [0.4, 0.5) is 16.4 Å². The lowest BCUT2D eigenvalue weighted by atomic mass is 9.83. The van der Waals surface area contributed by atoms with Gasteiger partial charge >= 0.3 is 6.03 Å². The monoisotopic (exact) mass is 557 g/mol. The molecule has 4 N–H and O–H groups in total. The molecule has 10 nitrogen and oxygen atoms in total. The van der Waals surface area contributed by atoms with Crippen LogP contribution in [0, 0.1) is 0 Å². The van der Waals surface area contributed by atoms with E-state index < -0.39 is 22.9 Å². The highest BCUT2D eigenvalue weighted by Crippen LogP contribution is 2.33. The van der Waals surface area contributed by atoms with E-state index >= 15 is 0 Å². The Morgan fingerprint density at radius 3 is 2.27 bits per heavy atom. The van der Waals surface area contributed by atoms with Gasteiger partial charge in [-0.15, -0.1) is 5.10 Å². The Bertz CT molecular complexity index is 1470. The van der Waals surface area contributed by atoms with Gasteiger partial charge in [-0.1, -0.05) is 66.8 Å². The van der Waals surface area contributed by atoms with E-state index in [-0.39, 0.29) is 11.9 Å². The third-order valence-electron chi connectivity index (χ3n) is 7.12. The first-order valence-electron chi connectivity index (χ1n) is 13.2. The number of urea groups is 1. The van der Waals surface area contributed by atoms with Gasteiger partial charge in [-0.3, -0.25) is 14.3 Å². The van der Waals surface area contributed by atoms with E-state index in [9.17, 15) is 13.8 Å². The first kappa shape index (κ1) is 27.2. The van der Waals surface area contributed by atoms with Crippen LogP contribution < -0.4 is 16.0 Å². The Kier molecular flexibility index (Phi) is 8.60. The molecule has 11 heteroatoms. The van der Waals surface area contributed by atoms with E-state index in [4.69, 9.17) is 0 Å². The number of hydrogen-bond acceptors (Lipinski definition) is 6. The Balaban J connectivity index is 1.37. The Morgan fingerprint density at radius 1 is 0.925 bits per heavy atom. The minimum absolute atomic E-state index is 0.0827. The highest BCUT2D eigenvalue weighted by molar-refractivity contribution is 7.84. The molecule has 0 spiro atoms. The van der Waals surface area contributed by atoms with E-state index in [2.05, 4.69) is 60.8 Å². The van der Waals surface area contributed by atoms with E-state index in [0.717, 1.165) is 11.1 Å². The summed E-state index contributed by atoms with van der Waals surface area (Å²) in [5.41, 5.74) is 4.01. The van der Waals surface area contributed by atoms with E-state index in [0.29, 0.717) is 22.1 Å². The molecule has 4 aromatic rings. The maximum Gasteiger partial charge on any atom is 0.319 e. The molecule has 2 atom stereocenters. The fourth-order valence-electron chi connectivity index (χ4n) is 5.02. The minimum atomic E-state index is -1.16. The molecular weight excluding hydrogens is 526 g/mol. The SMILES string of the molecule is CS(=O)c1cccc(NC(=O)NC(c2ccc(C(=O)Nc3nn[nH]n3)cc2)c2ccc(C3CCCCC3)cc2)c1. The highest BCUT2D eigenvalue weighted by atomic mass is 32.2. The second-order valence-electron chi connectivity index (χ2n) is 9.83. The fraction of sp³-hybridized carbons (Fsp3) is 0.276. The van der Waals surface area contributed by atoms with Crippen molar-refractivity contribution < 1.29 is 13.8 Å². The van der Waals surface area contributed by atoms with Gasteiger partial charge in [0.05, 0.1) is 6.04 Å². The number of hydrogen-bond donors (Lipinski definition) is 4. The third kappa shape index (κ3) is 6.78. The molecule has 3 amide bonds. The Labute approximate surface area is 234 Å². The molecule has 0 aliphatic heterocycles. The van der Waals surface area contributed by atoms with Crippen molar-refractivity contribution in [3.63, 3.8) is 0 Å². The zero-order valence-corrected chi connectivity index (χ0v) is 22.9. The molecule has 5 rings (SSSR count). The summed E-state index contributed by atoms with van der Waals surface area (Å²) in [5, 5.41) is 21.7. The van der Waals surface area contributed by atoms with Crippen LogP contribution in [0.15, 0.2) is 77.7 Å². The summed E-state index contributed by atoms with van der Waals surface area (Å²) in [7, 11) is -1.16. The minimum Gasteiger partial charge on any atom is -0.327 e. The van der Waals surface area contributed by atoms with Gasteiger partial charge in [0.1, 0.15) is 0 Å². The van der Waals surface area contributed by atoms with Gasteiger partial charge in [0.2, 0.25) is 0 Å². The summed E-state index contributed by atoms with van der Waals surface area (Å²) in [6, 6.07) is 21.5. The summed E-state index contributed by atoms with van der Waals surface area (Å²) in [5.74, 6) is 0.283. The van der Waals surface area contributed by atoms with Gasteiger partial charge < -0.3 is 10.6 Å². The van der Waals surface area contributed by atoms with Gasteiger partial charge in [-0.2, -0.15) is 5.21 Å². The first-order valence-corrected chi connectivity index (χ1v) is 14.8. The summed E-state index contributed by atoms with van der Waals surface area (Å²) in [4.78, 5) is 26.3. The van der Waals surface area contributed by atoms with Crippen molar-refractivity contribution in [1.29, 1.82) is 0 Å². The normalized spacial score (nSPS) is 15.1. The maximum atomic E-state index is 13.1. The average Bonchev–Trinajstić information content (AvgIpc) is 3.50. The lowest BCUT2D eigenvalue weighted by Gasteiger charge is -2.24. The molecule has 206 valence electrons. The number of carbonyl (C=O) groups is 2. The predicted octanol–water partition coefficient (Wildman–Crippen LogP) is 5.15. The van der Waals surface area contributed by atoms with Gasteiger partial charge in [-0.05, 0) is 71.0 Å². The number of nitrogens with zero attached hydrogens (tertiary/aromatic N) is 3. The molecule has 0 bridgehead atoms. The lowest BCUT2D eigenvalue weighted by molar-refractivity contribution is 0.102. The third-order valence-corrected chi connectivity index (χ3v) is 8.04. The number of H-pyrrole nitrogens is 1. The number of tetrazole rings is 1. The van der Waals surface area contributed by atoms with Gasteiger partial charge in [0, 0.05) is 33.2 Å². The quantitative estimate of drug-likeness (QED) is 0.236. The zero-order chi connectivity index (χ0) is 27.9. The molecule has 1 aliphatic rings. The number of anilines is 2. The average molecular weight is 558 g/mol. The topological polar surface area (TPSA) is 142 Å². The molecule has 1 heterocycles. The number of aromatic amines is 1. The van der Waals surface area contributed by atoms with Crippen LogP contribution in [-0.2, 0) is 10.8 Å². The van der Waals surface area contributed by atoms with Crippen LogP contribution in [0.3, 0.4) is 0 Å². The van der Waals surface area contributed by atoms with Crippen LogP contribution >= 0.6 is 0 Å². The van der Waals surface area contributed by atoms with Crippen molar-refractivity contribution in [2.24, 2.45) is 0 Å². The largest absolute Gasteiger partial charge is 0.327 e. The number of aromatic nitrogens is 4. The van der Waals surface area contributed by atoms with Crippen LogP contribution in [0.1, 0.15) is 71.1 Å². The second-order valence-corrected chi connectivity index (χ2v) is 11.2. The van der Waals surface area contributed by atoms with Crippen molar-refractivity contribution in [3.8, 4) is 0 Å². The molecule has 1 aliphatic carbocycles. The lowest BCUT2D eigenvalue weighted by Crippen LogP contribution is -2.33. The van der Waals surface area contributed by atoms with Crippen molar-refractivity contribution >= 4 is 34.4 Å². The van der Waals surface area contributed by atoms with Crippen molar-refractivity contribution in [3.05, 3.63) is 95.1 Å².